The average Bonchev–Trinajstić information content (AvgIpc) is 2.50. The molecule has 0 unspecified atom stereocenters. The van der Waals surface area contributed by atoms with Gasteiger partial charge in [-0.1, -0.05) is 22.0 Å². The predicted octanol–water partition coefficient (Wildman–Crippen LogP) is 3.72. The molecule has 1 aromatic carbocycles. The van der Waals surface area contributed by atoms with Crippen molar-refractivity contribution < 1.29 is 4.74 Å². The van der Waals surface area contributed by atoms with Gasteiger partial charge in [-0.2, -0.15) is 0 Å². The fraction of sp³-hybridized carbons (Fsp3) is 0.375. The predicted molar refractivity (Wildman–Crippen MR) is 87.4 cm³/mol. The van der Waals surface area contributed by atoms with Gasteiger partial charge >= 0.3 is 0 Å². The first-order valence-electron chi connectivity index (χ1n) is 7.17. The summed E-state index contributed by atoms with van der Waals surface area (Å²) in [6.45, 7) is 6.31. The molecule has 110 valence electrons. The number of hydrogen-bond donors (Lipinski definition) is 1. The van der Waals surface area contributed by atoms with Gasteiger partial charge in [0.05, 0.1) is 18.9 Å². The molecule has 0 amide bonds. The summed E-state index contributed by atoms with van der Waals surface area (Å²) >= 11 is 3.53. The Morgan fingerprint density at radius 1 is 1.33 bits per heavy atom. The highest BCUT2D eigenvalue weighted by atomic mass is 79.9. The van der Waals surface area contributed by atoms with Crippen LogP contribution in [0.5, 0.6) is 0 Å². The molecule has 0 bridgehead atoms. The first kappa shape index (κ1) is 14.5. The van der Waals surface area contributed by atoms with Crippen LogP contribution in [0.25, 0.3) is 11.4 Å². The monoisotopic (exact) mass is 347 g/mol. The van der Waals surface area contributed by atoms with Crippen LogP contribution in [0.4, 0.5) is 5.82 Å². The quantitative estimate of drug-likeness (QED) is 0.918. The Bertz CT molecular complexity index is 673. The molecule has 1 N–H and O–H groups in total. The molecule has 0 saturated carbocycles. The van der Waals surface area contributed by atoms with E-state index in [-0.39, 0.29) is 0 Å². The van der Waals surface area contributed by atoms with E-state index in [2.05, 4.69) is 41.2 Å². The first-order chi connectivity index (χ1) is 10.2. The van der Waals surface area contributed by atoms with Crippen LogP contribution in [-0.2, 0) is 17.8 Å². The fourth-order valence-electron chi connectivity index (χ4n) is 2.46. The van der Waals surface area contributed by atoms with E-state index in [1.54, 1.807) is 0 Å². The molecule has 0 atom stereocenters. The van der Waals surface area contributed by atoms with Crippen molar-refractivity contribution in [2.75, 3.05) is 18.5 Å². The fourth-order valence-corrected chi connectivity index (χ4v) is 2.71. The first-order valence-corrected chi connectivity index (χ1v) is 7.96. The van der Waals surface area contributed by atoms with E-state index < -0.39 is 0 Å². The number of aryl methyl sites for hydroxylation is 1. The Hall–Kier alpha value is -1.46. The molecular weight excluding hydrogens is 330 g/mol. The zero-order valence-electron chi connectivity index (χ0n) is 12.2. The highest BCUT2D eigenvalue weighted by Crippen LogP contribution is 2.28. The van der Waals surface area contributed by atoms with Crippen LogP contribution in [0.1, 0.15) is 23.7 Å². The lowest BCUT2D eigenvalue weighted by Gasteiger charge is -2.20. The second-order valence-corrected chi connectivity index (χ2v) is 5.97. The summed E-state index contributed by atoms with van der Waals surface area (Å²) in [4.78, 5) is 9.45. The van der Waals surface area contributed by atoms with Gasteiger partial charge < -0.3 is 10.1 Å². The number of rotatable bonds is 3. The largest absolute Gasteiger partial charge is 0.376 e. The van der Waals surface area contributed by atoms with E-state index in [9.17, 15) is 0 Å². The molecule has 0 spiro atoms. The van der Waals surface area contributed by atoms with Crippen molar-refractivity contribution in [3.63, 3.8) is 0 Å². The molecule has 0 saturated heterocycles. The van der Waals surface area contributed by atoms with Crippen LogP contribution in [0.15, 0.2) is 22.7 Å². The zero-order chi connectivity index (χ0) is 14.8. The Kier molecular flexibility index (Phi) is 4.22. The van der Waals surface area contributed by atoms with Crippen LogP contribution in [-0.4, -0.2) is 23.1 Å². The SMILES string of the molecule is CCNc1nc(-c2ccc(Br)c(C)c2)nc2c1COCC2. The summed E-state index contributed by atoms with van der Waals surface area (Å²) in [5.41, 5.74) is 4.43. The normalized spacial score (nSPS) is 13.9. The Morgan fingerprint density at radius 2 is 2.19 bits per heavy atom. The number of anilines is 1. The number of aromatic nitrogens is 2. The van der Waals surface area contributed by atoms with Crippen molar-refractivity contribution in [1.29, 1.82) is 0 Å². The van der Waals surface area contributed by atoms with Crippen molar-refractivity contribution in [3.05, 3.63) is 39.5 Å². The molecule has 0 fully saturated rings. The van der Waals surface area contributed by atoms with E-state index in [1.165, 1.54) is 5.56 Å². The summed E-state index contributed by atoms with van der Waals surface area (Å²) in [5, 5.41) is 3.33. The van der Waals surface area contributed by atoms with Crippen molar-refractivity contribution in [2.24, 2.45) is 0 Å². The van der Waals surface area contributed by atoms with Gasteiger partial charge in [0.25, 0.3) is 0 Å². The van der Waals surface area contributed by atoms with Gasteiger partial charge in [-0.3, -0.25) is 0 Å². The third-order valence-corrected chi connectivity index (χ3v) is 4.47. The maximum atomic E-state index is 5.54. The van der Waals surface area contributed by atoms with Gasteiger partial charge in [0.1, 0.15) is 5.82 Å². The minimum absolute atomic E-state index is 0.595. The summed E-state index contributed by atoms with van der Waals surface area (Å²) < 4.78 is 6.64. The lowest BCUT2D eigenvalue weighted by atomic mass is 10.1. The van der Waals surface area contributed by atoms with Crippen molar-refractivity contribution in [2.45, 2.75) is 26.9 Å². The van der Waals surface area contributed by atoms with E-state index in [0.717, 1.165) is 52.5 Å². The Labute approximate surface area is 133 Å². The molecule has 21 heavy (non-hydrogen) atoms. The van der Waals surface area contributed by atoms with Crippen molar-refractivity contribution in [3.8, 4) is 11.4 Å². The van der Waals surface area contributed by atoms with Gasteiger partial charge in [-0.25, -0.2) is 9.97 Å². The number of nitrogens with zero attached hydrogens (tertiary/aromatic N) is 2. The molecule has 1 aliphatic heterocycles. The smallest absolute Gasteiger partial charge is 0.161 e. The molecular formula is C16H18BrN3O. The standard InChI is InChI=1S/C16H18BrN3O/c1-3-18-16-12-9-21-7-6-14(12)19-15(20-16)11-4-5-13(17)10(2)8-11/h4-5,8H,3,6-7,9H2,1-2H3,(H,18,19,20). The zero-order valence-corrected chi connectivity index (χ0v) is 13.8. The van der Waals surface area contributed by atoms with Gasteiger partial charge in [0.2, 0.25) is 0 Å². The van der Waals surface area contributed by atoms with Crippen LogP contribution >= 0.6 is 15.9 Å². The topological polar surface area (TPSA) is 47.0 Å². The van der Waals surface area contributed by atoms with Crippen molar-refractivity contribution in [1.82, 2.24) is 9.97 Å². The molecule has 5 heteroatoms. The second kappa shape index (κ2) is 6.12. The van der Waals surface area contributed by atoms with E-state index in [0.29, 0.717) is 6.61 Å². The summed E-state index contributed by atoms with van der Waals surface area (Å²) in [7, 11) is 0. The summed E-state index contributed by atoms with van der Waals surface area (Å²) in [6.07, 6.45) is 0.846. The van der Waals surface area contributed by atoms with Gasteiger partial charge in [0, 0.05) is 28.6 Å². The molecule has 2 heterocycles. The number of benzene rings is 1. The van der Waals surface area contributed by atoms with Crippen LogP contribution < -0.4 is 5.32 Å². The Morgan fingerprint density at radius 3 is 2.95 bits per heavy atom. The third-order valence-electron chi connectivity index (χ3n) is 3.58. The minimum atomic E-state index is 0.595. The lowest BCUT2D eigenvalue weighted by Crippen LogP contribution is -2.17. The molecule has 4 nitrogen and oxygen atoms in total. The molecule has 2 aromatic rings. The highest BCUT2D eigenvalue weighted by Gasteiger charge is 2.18. The average molecular weight is 348 g/mol. The van der Waals surface area contributed by atoms with Crippen LogP contribution in [0, 0.1) is 6.92 Å². The number of fused-ring (bicyclic) bond motifs is 1. The summed E-state index contributed by atoms with van der Waals surface area (Å²) in [6, 6.07) is 6.21. The maximum Gasteiger partial charge on any atom is 0.161 e. The number of nitrogens with one attached hydrogen (secondary N) is 1. The molecule has 1 aromatic heterocycles. The van der Waals surface area contributed by atoms with E-state index in [1.807, 2.05) is 12.1 Å². The lowest BCUT2D eigenvalue weighted by molar-refractivity contribution is 0.109. The van der Waals surface area contributed by atoms with Gasteiger partial charge in [0.15, 0.2) is 5.82 Å². The molecule has 3 rings (SSSR count). The Balaban J connectivity index is 2.09. The maximum absolute atomic E-state index is 5.54. The molecule has 1 aliphatic rings. The molecule has 0 aliphatic carbocycles. The van der Waals surface area contributed by atoms with Gasteiger partial charge in [-0.15, -0.1) is 0 Å². The van der Waals surface area contributed by atoms with Crippen LogP contribution in [0.2, 0.25) is 0 Å². The second-order valence-electron chi connectivity index (χ2n) is 5.12. The van der Waals surface area contributed by atoms with Gasteiger partial charge in [-0.05, 0) is 31.5 Å². The number of halogens is 1. The van der Waals surface area contributed by atoms with Crippen LogP contribution in [0.3, 0.4) is 0 Å². The third kappa shape index (κ3) is 2.94. The highest BCUT2D eigenvalue weighted by molar-refractivity contribution is 9.10. The van der Waals surface area contributed by atoms with E-state index in [4.69, 9.17) is 14.7 Å². The van der Waals surface area contributed by atoms with Crippen molar-refractivity contribution >= 4 is 21.7 Å². The summed E-state index contributed by atoms with van der Waals surface area (Å²) in [5.74, 6) is 1.68. The number of ether oxygens (including phenoxy) is 1. The molecule has 0 radical (unpaired) electrons. The van der Waals surface area contributed by atoms with E-state index >= 15 is 0 Å². The minimum Gasteiger partial charge on any atom is -0.376 e. The number of hydrogen-bond acceptors (Lipinski definition) is 4.